The van der Waals surface area contributed by atoms with E-state index < -0.39 is 60.4 Å². The second kappa shape index (κ2) is 5.85. The molecule has 3 heterocycles. The van der Waals surface area contributed by atoms with E-state index in [1.807, 2.05) is 5.32 Å². The number of ether oxygens (including phenoxy) is 2. The molecule has 126 valence electrons. The zero-order valence-corrected chi connectivity index (χ0v) is 11.8. The molecule has 2 fully saturated rings. The highest BCUT2D eigenvalue weighted by atomic mass is 16.6. The van der Waals surface area contributed by atoms with Gasteiger partial charge in [-0.15, -0.1) is 0 Å². The molecule has 0 aromatic carbocycles. The van der Waals surface area contributed by atoms with Crippen LogP contribution in [0.4, 0.5) is 9.59 Å². The molecule has 0 aliphatic carbocycles. The van der Waals surface area contributed by atoms with Gasteiger partial charge in [0.1, 0.15) is 36.4 Å². The van der Waals surface area contributed by atoms with Gasteiger partial charge in [-0.25, -0.2) is 14.6 Å². The molecule has 0 spiro atoms. The first-order valence-electron chi connectivity index (χ1n) is 6.96. The maximum Gasteiger partial charge on any atom is 0.347 e. The third-order valence-corrected chi connectivity index (χ3v) is 4.09. The summed E-state index contributed by atoms with van der Waals surface area (Å²) in [6, 6.07) is -2.55. The summed E-state index contributed by atoms with van der Waals surface area (Å²) in [7, 11) is 0. The largest absolute Gasteiger partial charge is 0.388 e. The van der Waals surface area contributed by atoms with E-state index in [4.69, 9.17) is 15.2 Å². The molecule has 11 heteroatoms. The second-order valence-corrected chi connectivity index (χ2v) is 5.55. The van der Waals surface area contributed by atoms with Gasteiger partial charge in [0.05, 0.1) is 12.6 Å². The van der Waals surface area contributed by atoms with Crippen LogP contribution in [0.5, 0.6) is 0 Å². The summed E-state index contributed by atoms with van der Waals surface area (Å²) >= 11 is 0. The smallest absolute Gasteiger partial charge is 0.347 e. The number of rotatable bonds is 2. The molecule has 2 saturated heterocycles. The molecular weight excluding hydrogens is 312 g/mol. The average Bonchev–Trinajstić information content (AvgIpc) is 2.79. The third-order valence-electron chi connectivity index (χ3n) is 4.09. The zero-order valence-electron chi connectivity index (χ0n) is 11.8. The highest BCUT2D eigenvalue weighted by Crippen LogP contribution is 2.34. The lowest BCUT2D eigenvalue weighted by atomic mass is 9.91. The number of carbonyl (C=O) groups excluding carboxylic acids is 3. The van der Waals surface area contributed by atoms with Crippen molar-refractivity contribution < 1.29 is 34.1 Å². The fourth-order valence-corrected chi connectivity index (χ4v) is 3.05. The molecule has 5 amide bonds. The average molecular weight is 328 g/mol. The molecule has 3 aliphatic heterocycles. The van der Waals surface area contributed by atoms with Crippen LogP contribution in [-0.4, -0.2) is 77.6 Å². The van der Waals surface area contributed by atoms with Gasteiger partial charge in [0, 0.05) is 6.21 Å². The van der Waals surface area contributed by atoms with E-state index in [1.165, 1.54) is 0 Å². The molecule has 23 heavy (non-hydrogen) atoms. The van der Waals surface area contributed by atoms with Crippen LogP contribution >= 0.6 is 0 Å². The molecule has 3 aliphatic rings. The highest BCUT2D eigenvalue weighted by Gasteiger charge is 2.55. The number of aliphatic hydroxyl groups excluding tert-OH is 2. The Morgan fingerprint density at radius 1 is 1.35 bits per heavy atom. The van der Waals surface area contributed by atoms with Crippen LogP contribution in [0, 0.1) is 5.92 Å². The number of nitrogens with two attached hydrogens (primary N) is 1. The van der Waals surface area contributed by atoms with E-state index in [9.17, 15) is 24.6 Å². The van der Waals surface area contributed by atoms with Crippen molar-refractivity contribution in [2.45, 2.75) is 36.6 Å². The number of nitrogens with one attached hydrogen (secondary N) is 2. The van der Waals surface area contributed by atoms with E-state index in [2.05, 4.69) is 10.3 Å². The number of fused-ring (bicyclic) bond motifs is 1. The van der Waals surface area contributed by atoms with Crippen LogP contribution < -0.4 is 16.4 Å². The highest BCUT2D eigenvalue weighted by molar-refractivity contribution is 6.09. The van der Waals surface area contributed by atoms with Crippen molar-refractivity contribution in [2.24, 2.45) is 16.6 Å². The van der Waals surface area contributed by atoms with Crippen molar-refractivity contribution >= 4 is 24.2 Å². The van der Waals surface area contributed by atoms with Crippen molar-refractivity contribution in [1.29, 1.82) is 0 Å². The number of aliphatic hydroxyl groups is 2. The van der Waals surface area contributed by atoms with Crippen molar-refractivity contribution in [1.82, 2.24) is 10.6 Å². The molecule has 0 aromatic rings. The standard InChI is InChI=1S/C12H16N4O7/c13-11(20)15-5-4(17)2-22-9-6(18)7(23-8(5)9)3-1-14-12(21)16-10(3)19/h1,3-9,17-18H,2H2,(H3,13,15,20)(H,16,19,21)/t3?,4-,5-,6+,7+,8-,9+/m1/s1. The van der Waals surface area contributed by atoms with Gasteiger partial charge in [-0.1, -0.05) is 0 Å². The fourth-order valence-electron chi connectivity index (χ4n) is 3.05. The Bertz CT molecular complexity index is 568. The minimum absolute atomic E-state index is 0.136. The quantitative estimate of drug-likeness (QED) is 0.356. The molecule has 3 rings (SSSR count). The van der Waals surface area contributed by atoms with Crippen LogP contribution in [0.15, 0.2) is 4.99 Å². The first-order chi connectivity index (χ1) is 10.9. The predicted octanol–water partition coefficient (Wildman–Crippen LogP) is -3.15. The van der Waals surface area contributed by atoms with E-state index in [0.717, 1.165) is 6.21 Å². The van der Waals surface area contributed by atoms with Crippen molar-refractivity contribution in [2.75, 3.05) is 6.61 Å². The van der Waals surface area contributed by atoms with Gasteiger partial charge in [-0.05, 0) is 0 Å². The summed E-state index contributed by atoms with van der Waals surface area (Å²) < 4.78 is 11.0. The number of primary amides is 1. The SMILES string of the molecule is NC(=O)N[C@H]1[C@H]2O[C@@H](C3C=NC(=O)NC3=O)[C@H](O)[C@@H]2OC[C@H]1O. The van der Waals surface area contributed by atoms with Crippen LogP contribution in [0.25, 0.3) is 0 Å². The van der Waals surface area contributed by atoms with Gasteiger partial charge in [0.15, 0.2) is 0 Å². The van der Waals surface area contributed by atoms with E-state index >= 15 is 0 Å². The summed E-state index contributed by atoms with van der Waals surface area (Å²) in [5, 5.41) is 24.6. The summed E-state index contributed by atoms with van der Waals surface area (Å²) in [5.74, 6) is -1.66. The molecule has 1 unspecified atom stereocenters. The minimum atomic E-state index is -1.21. The lowest BCUT2D eigenvalue weighted by molar-refractivity contribution is -0.137. The van der Waals surface area contributed by atoms with Gasteiger partial charge in [-0.3, -0.25) is 10.1 Å². The molecular formula is C12H16N4O7. The molecule has 7 atom stereocenters. The maximum atomic E-state index is 11.9. The number of hydrogen-bond acceptors (Lipinski definition) is 7. The number of amides is 5. The monoisotopic (exact) mass is 328 g/mol. The summed E-state index contributed by atoms with van der Waals surface area (Å²) in [6.45, 7) is -0.136. The Kier molecular flexibility index (Phi) is 4.02. The number of urea groups is 2. The topological polar surface area (TPSA) is 173 Å². The second-order valence-electron chi connectivity index (χ2n) is 5.55. The van der Waals surface area contributed by atoms with Crippen LogP contribution in [0.2, 0.25) is 0 Å². The number of hydrogen-bond donors (Lipinski definition) is 5. The van der Waals surface area contributed by atoms with Gasteiger partial charge < -0.3 is 30.7 Å². The van der Waals surface area contributed by atoms with Gasteiger partial charge in [0.25, 0.3) is 0 Å². The van der Waals surface area contributed by atoms with Crippen LogP contribution in [0.3, 0.4) is 0 Å². The molecule has 0 bridgehead atoms. The number of aliphatic imine (C=N–C) groups is 1. The normalized spacial score (nSPS) is 43.0. The number of nitrogens with zero attached hydrogens (tertiary/aromatic N) is 1. The molecule has 0 saturated carbocycles. The number of carbonyl (C=O) groups is 3. The van der Waals surface area contributed by atoms with Gasteiger partial charge in [0.2, 0.25) is 5.91 Å². The zero-order chi connectivity index (χ0) is 16.7. The third kappa shape index (κ3) is 2.79. The molecule has 0 radical (unpaired) electrons. The van der Waals surface area contributed by atoms with Crippen LogP contribution in [0.1, 0.15) is 0 Å². The minimum Gasteiger partial charge on any atom is -0.388 e. The Balaban J connectivity index is 1.81. The van der Waals surface area contributed by atoms with E-state index in [-0.39, 0.29) is 6.61 Å². The van der Waals surface area contributed by atoms with Crippen LogP contribution in [-0.2, 0) is 14.3 Å². The Morgan fingerprint density at radius 2 is 2.09 bits per heavy atom. The molecule has 6 N–H and O–H groups in total. The lowest BCUT2D eigenvalue weighted by Gasteiger charge is -2.36. The van der Waals surface area contributed by atoms with Crippen molar-refractivity contribution in [3.63, 3.8) is 0 Å². The maximum absolute atomic E-state index is 11.9. The first kappa shape index (κ1) is 15.8. The lowest BCUT2D eigenvalue weighted by Crippen LogP contribution is -2.61. The van der Waals surface area contributed by atoms with E-state index in [1.54, 1.807) is 0 Å². The summed E-state index contributed by atoms with van der Waals surface area (Å²) in [6.07, 6.45) is -3.99. The Hall–Kier alpha value is -2.08. The van der Waals surface area contributed by atoms with Crippen molar-refractivity contribution in [3.05, 3.63) is 0 Å². The predicted molar refractivity (Wildman–Crippen MR) is 72.4 cm³/mol. The summed E-state index contributed by atoms with van der Waals surface area (Å²) in [5.41, 5.74) is 5.07. The van der Waals surface area contributed by atoms with E-state index in [0.29, 0.717) is 0 Å². The Morgan fingerprint density at radius 3 is 2.74 bits per heavy atom. The molecule has 11 nitrogen and oxygen atoms in total. The van der Waals surface area contributed by atoms with Gasteiger partial charge in [-0.2, -0.15) is 0 Å². The Labute approximate surface area is 129 Å². The first-order valence-corrected chi connectivity index (χ1v) is 6.96. The molecule has 0 aromatic heterocycles. The van der Waals surface area contributed by atoms with Crippen molar-refractivity contribution in [3.8, 4) is 0 Å². The number of imide groups is 1. The summed E-state index contributed by atoms with van der Waals surface area (Å²) in [4.78, 5) is 37.4. The van der Waals surface area contributed by atoms with Gasteiger partial charge >= 0.3 is 12.1 Å². The fraction of sp³-hybridized carbons (Fsp3) is 0.667.